The molecule has 3 nitrogen and oxygen atoms in total. The van der Waals surface area contributed by atoms with Gasteiger partial charge in [0, 0.05) is 5.69 Å². The summed E-state index contributed by atoms with van der Waals surface area (Å²) in [6.45, 7) is 8.16. The normalized spacial score (nSPS) is 10.4. The van der Waals surface area contributed by atoms with E-state index < -0.39 is 0 Å². The van der Waals surface area contributed by atoms with Crippen molar-refractivity contribution in [2.24, 2.45) is 0 Å². The van der Waals surface area contributed by atoms with E-state index in [-0.39, 0.29) is 12.5 Å². The smallest absolute Gasteiger partial charge is 0.262 e. The van der Waals surface area contributed by atoms with Crippen molar-refractivity contribution in [2.45, 2.75) is 34.1 Å². The third kappa shape index (κ3) is 4.10. The second kappa shape index (κ2) is 7.12. The maximum absolute atomic E-state index is 12.0. The number of aryl methyl sites for hydroxylation is 4. The molecule has 0 aliphatic carbocycles. The second-order valence-electron chi connectivity index (χ2n) is 5.62. The molecule has 0 atom stereocenters. The van der Waals surface area contributed by atoms with Crippen molar-refractivity contribution in [3.63, 3.8) is 0 Å². The van der Waals surface area contributed by atoms with Gasteiger partial charge in [-0.3, -0.25) is 4.79 Å². The van der Waals surface area contributed by atoms with Crippen molar-refractivity contribution in [3.05, 3.63) is 58.7 Å². The van der Waals surface area contributed by atoms with E-state index in [9.17, 15) is 4.79 Å². The number of benzene rings is 2. The first kappa shape index (κ1) is 16.1. The summed E-state index contributed by atoms with van der Waals surface area (Å²) in [4.78, 5) is 12.0. The van der Waals surface area contributed by atoms with E-state index in [1.807, 2.05) is 38.1 Å². The fourth-order valence-corrected chi connectivity index (χ4v) is 2.55. The zero-order valence-electron chi connectivity index (χ0n) is 13.7. The van der Waals surface area contributed by atoms with Gasteiger partial charge >= 0.3 is 0 Å². The molecule has 0 aliphatic heterocycles. The topological polar surface area (TPSA) is 38.3 Å². The largest absolute Gasteiger partial charge is 0.483 e. The summed E-state index contributed by atoms with van der Waals surface area (Å²) in [7, 11) is 0. The van der Waals surface area contributed by atoms with Crippen molar-refractivity contribution in [1.29, 1.82) is 0 Å². The molecule has 0 saturated heterocycles. The summed E-state index contributed by atoms with van der Waals surface area (Å²) in [6.07, 6.45) is 0.989. The molecule has 0 aliphatic rings. The Labute approximate surface area is 132 Å². The Morgan fingerprint density at radius 3 is 2.18 bits per heavy atom. The molecule has 2 aromatic carbocycles. The predicted octanol–water partition coefficient (Wildman–Crippen LogP) is 4.19. The van der Waals surface area contributed by atoms with Crippen LogP contribution in [0.15, 0.2) is 36.4 Å². The van der Waals surface area contributed by atoms with Crippen LogP contribution in [0, 0.1) is 20.8 Å². The average Bonchev–Trinajstić information content (AvgIpc) is 2.47. The Bertz CT molecular complexity index is 637. The van der Waals surface area contributed by atoms with Gasteiger partial charge in [-0.1, -0.05) is 36.8 Å². The molecule has 0 saturated carbocycles. The van der Waals surface area contributed by atoms with Gasteiger partial charge in [0.25, 0.3) is 5.91 Å². The highest BCUT2D eigenvalue weighted by molar-refractivity contribution is 5.91. The fraction of sp³-hybridized carbons (Fsp3) is 0.316. The summed E-state index contributed by atoms with van der Waals surface area (Å²) >= 11 is 0. The lowest BCUT2D eigenvalue weighted by Gasteiger charge is -2.13. The highest BCUT2D eigenvalue weighted by atomic mass is 16.5. The number of hydrogen-bond donors (Lipinski definition) is 1. The molecule has 3 heteroatoms. The molecule has 1 N–H and O–H groups in total. The van der Waals surface area contributed by atoms with Crippen molar-refractivity contribution in [3.8, 4) is 5.75 Å². The molecule has 116 valence electrons. The molecular formula is C19H23NO2. The van der Waals surface area contributed by atoms with Crippen LogP contribution in [0.3, 0.4) is 0 Å². The van der Waals surface area contributed by atoms with Gasteiger partial charge < -0.3 is 10.1 Å². The quantitative estimate of drug-likeness (QED) is 0.898. The van der Waals surface area contributed by atoms with Crippen molar-refractivity contribution < 1.29 is 9.53 Å². The molecule has 2 rings (SSSR count). The number of nitrogens with one attached hydrogen (secondary N) is 1. The van der Waals surface area contributed by atoms with Crippen molar-refractivity contribution in [2.75, 3.05) is 11.9 Å². The van der Waals surface area contributed by atoms with Crippen LogP contribution in [0.25, 0.3) is 0 Å². The fourth-order valence-electron chi connectivity index (χ4n) is 2.55. The Morgan fingerprint density at radius 2 is 1.64 bits per heavy atom. The van der Waals surface area contributed by atoms with E-state index in [1.165, 1.54) is 11.1 Å². The van der Waals surface area contributed by atoms with Gasteiger partial charge in [0.2, 0.25) is 0 Å². The molecule has 22 heavy (non-hydrogen) atoms. The van der Waals surface area contributed by atoms with E-state index in [4.69, 9.17) is 4.74 Å². The first-order valence-corrected chi connectivity index (χ1v) is 7.59. The molecule has 0 aromatic heterocycles. The number of carbonyl (C=O) groups excluding carboxylic acids is 1. The van der Waals surface area contributed by atoms with E-state index in [0.29, 0.717) is 0 Å². The molecular weight excluding hydrogens is 274 g/mol. The zero-order valence-corrected chi connectivity index (χ0v) is 13.7. The Balaban J connectivity index is 1.95. The number of carbonyl (C=O) groups is 1. The Kier molecular flexibility index (Phi) is 5.21. The minimum absolute atomic E-state index is 0.0142. The van der Waals surface area contributed by atoms with Crippen LogP contribution in [0.5, 0.6) is 5.75 Å². The average molecular weight is 297 g/mol. The standard InChI is InChI=1S/C19H23NO2/c1-5-16-6-8-17(9-7-16)20-18(21)12-22-19-14(3)10-13(2)11-15(19)4/h6-11H,5,12H2,1-4H3,(H,20,21). The maximum atomic E-state index is 12.0. The van der Waals surface area contributed by atoms with Crippen molar-refractivity contribution in [1.82, 2.24) is 0 Å². The van der Waals surface area contributed by atoms with Crippen LogP contribution >= 0.6 is 0 Å². The van der Waals surface area contributed by atoms with Crippen molar-refractivity contribution >= 4 is 11.6 Å². The van der Waals surface area contributed by atoms with Crippen LogP contribution in [-0.2, 0) is 11.2 Å². The maximum Gasteiger partial charge on any atom is 0.262 e. The molecule has 0 spiro atoms. The summed E-state index contributed by atoms with van der Waals surface area (Å²) in [5, 5.41) is 2.85. The number of hydrogen-bond acceptors (Lipinski definition) is 2. The van der Waals surface area contributed by atoms with E-state index in [2.05, 4.69) is 31.3 Å². The Hall–Kier alpha value is -2.29. The highest BCUT2D eigenvalue weighted by Gasteiger charge is 2.08. The summed E-state index contributed by atoms with van der Waals surface area (Å²) < 4.78 is 5.69. The van der Waals surface area contributed by atoms with Gasteiger partial charge in [-0.25, -0.2) is 0 Å². The SMILES string of the molecule is CCc1ccc(NC(=O)COc2c(C)cc(C)cc2C)cc1. The molecule has 0 bridgehead atoms. The third-order valence-corrected chi connectivity index (χ3v) is 3.60. The van der Waals surface area contributed by atoms with Crippen LogP contribution in [0.4, 0.5) is 5.69 Å². The summed E-state index contributed by atoms with van der Waals surface area (Å²) in [6, 6.07) is 12.0. The molecule has 0 heterocycles. The van der Waals surface area contributed by atoms with Gasteiger partial charge in [-0.05, 0) is 56.0 Å². The third-order valence-electron chi connectivity index (χ3n) is 3.60. The minimum Gasteiger partial charge on any atom is -0.483 e. The molecule has 1 amide bonds. The number of amides is 1. The second-order valence-corrected chi connectivity index (χ2v) is 5.62. The zero-order chi connectivity index (χ0) is 16.1. The lowest BCUT2D eigenvalue weighted by atomic mass is 10.1. The lowest BCUT2D eigenvalue weighted by Crippen LogP contribution is -2.20. The monoisotopic (exact) mass is 297 g/mol. The number of anilines is 1. The molecule has 0 radical (unpaired) electrons. The molecule has 0 fully saturated rings. The predicted molar refractivity (Wildman–Crippen MR) is 90.6 cm³/mol. The van der Waals surface area contributed by atoms with E-state index >= 15 is 0 Å². The molecule has 2 aromatic rings. The van der Waals surface area contributed by atoms with E-state index in [0.717, 1.165) is 29.0 Å². The van der Waals surface area contributed by atoms with Gasteiger partial charge in [0.1, 0.15) is 5.75 Å². The summed E-state index contributed by atoms with van der Waals surface area (Å²) in [5.74, 6) is 0.644. The number of ether oxygens (including phenoxy) is 1. The lowest BCUT2D eigenvalue weighted by molar-refractivity contribution is -0.118. The van der Waals surface area contributed by atoms with Gasteiger partial charge in [-0.15, -0.1) is 0 Å². The van der Waals surface area contributed by atoms with Gasteiger partial charge in [-0.2, -0.15) is 0 Å². The molecule has 0 unspecified atom stereocenters. The summed E-state index contributed by atoms with van der Waals surface area (Å²) in [5.41, 5.74) is 5.35. The minimum atomic E-state index is -0.149. The first-order chi connectivity index (χ1) is 10.5. The van der Waals surface area contributed by atoms with E-state index in [1.54, 1.807) is 0 Å². The van der Waals surface area contributed by atoms with Gasteiger partial charge in [0.15, 0.2) is 6.61 Å². The van der Waals surface area contributed by atoms with Crippen LogP contribution in [0.2, 0.25) is 0 Å². The van der Waals surface area contributed by atoms with Crippen LogP contribution in [-0.4, -0.2) is 12.5 Å². The van der Waals surface area contributed by atoms with Crippen LogP contribution < -0.4 is 10.1 Å². The van der Waals surface area contributed by atoms with Gasteiger partial charge in [0.05, 0.1) is 0 Å². The Morgan fingerprint density at radius 1 is 1.05 bits per heavy atom. The number of rotatable bonds is 5. The van der Waals surface area contributed by atoms with Crippen LogP contribution in [0.1, 0.15) is 29.2 Å². The highest BCUT2D eigenvalue weighted by Crippen LogP contribution is 2.24. The first-order valence-electron chi connectivity index (χ1n) is 7.59.